The van der Waals surface area contributed by atoms with E-state index in [0.29, 0.717) is 0 Å². The number of rotatable bonds is 1. The Balaban J connectivity index is 2.09. The molecule has 3 heteroatoms. The van der Waals surface area contributed by atoms with Gasteiger partial charge in [0.2, 0.25) is 0 Å². The van der Waals surface area contributed by atoms with Crippen LogP contribution in [0, 0.1) is 0 Å². The maximum atomic E-state index is 6.08. The summed E-state index contributed by atoms with van der Waals surface area (Å²) in [5.41, 5.74) is 4.29. The van der Waals surface area contributed by atoms with Crippen LogP contribution in [0.25, 0.3) is 11.1 Å². The summed E-state index contributed by atoms with van der Waals surface area (Å²) < 4.78 is 5.98. The van der Waals surface area contributed by atoms with Gasteiger partial charge in [0.25, 0.3) is 0 Å². The van der Waals surface area contributed by atoms with Crippen molar-refractivity contribution in [3.8, 4) is 11.1 Å². The molecule has 0 amide bonds. The molecule has 1 aliphatic heterocycles. The highest BCUT2D eigenvalue weighted by Crippen LogP contribution is 2.39. The Bertz CT molecular complexity index is 651. The smallest absolute Gasteiger partial charge is 0.126 e. The number of fused-ring (bicyclic) bond motifs is 1. The average Bonchev–Trinajstić information content (AvgIpc) is 2.37. The molecule has 0 saturated heterocycles. The molecular formula is C17H18ClNO. The van der Waals surface area contributed by atoms with Crippen molar-refractivity contribution in [3.05, 3.63) is 53.1 Å². The molecule has 1 N–H and O–H groups in total. The molecule has 1 heterocycles. The topological polar surface area (TPSA) is 21.3 Å². The first kappa shape index (κ1) is 13.5. The molecule has 2 nitrogen and oxygen atoms in total. The molecule has 0 aliphatic carbocycles. The van der Waals surface area contributed by atoms with Crippen molar-refractivity contribution in [3.63, 3.8) is 0 Å². The van der Waals surface area contributed by atoms with E-state index in [-0.39, 0.29) is 11.8 Å². The Morgan fingerprint density at radius 3 is 2.60 bits per heavy atom. The van der Waals surface area contributed by atoms with Gasteiger partial charge in [-0.15, -0.1) is 0 Å². The highest BCUT2D eigenvalue weighted by atomic mass is 35.5. The first-order valence-electron chi connectivity index (χ1n) is 6.80. The summed E-state index contributed by atoms with van der Waals surface area (Å²) in [6, 6.07) is 14.3. The molecule has 0 fully saturated rings. The third kappa shape index (κ3) is 2.41. The van der Waals surface area contributed by atoms with E-state index in [9.17, 15) is 0 Å². The van der Waals surface area contributed by atoms with Crippen LogP contribution in [0.5, 0.6) is 0 Å². The van der Waals surface area contributed by atoms with Crippen molar-refractivity contribution >= 4 is 17.3 Å². The van der Waals surface area contributed by atoms with Gasteiger partial charge >= 0.3 is 0 Å². The molecule has 20 heavy (non-hydrogen) atoms. The molecule has 0 bridgehead atoms. The lowest BCUT2D eigenvalue weighted by Crippen LogP contribution is -2.37. The molecule has 0 spiro atoms. The van der Waals surface area contributed by atoms with Gasteiger partial charge in [-0.25, -0.2) is 0 Å². The fourth-order valence-electron chi connectivity index (χ4n) is 2.77. The minimum absolute atomic E-state index is 0.0227. The molecule has 104 valence electrons. The second-order valence-corrected chi connectivity index (χ2v) is 6.12. The molecule has 2 aromatic rings. The minimum Gasteiger partial charge on any atom is -0.360 e. The zero-order valence-electron chi connectivity index (χ0n) is 11.9. The monoisotopic (exact) mass is 287 g/mol. The molecule has 0 saturated carbocycles. The summed E-state index contributed by atoms with van der Waals surface area (Å²) in [5, 5.41) is 4.11. The molecule has 1 atom stereocenters. The lowest BCUT2D eigenvalue weighted by atomic mass is 9.91. The third-order valence-corrected chi connectivity index (χ3v) is 3.89. The first-order valence-corrected chi connectivity index (χ1v) is 7.18. The summed E-state index contributed by atoms with van der Waals surface area (Å²) in [6.07, 6.45) is 0.0227. The molecule has 2 aromatic carbocycles. The highest BCUT2D eigenvalue weighted by Gasteiger charge is 2.31. The lowest BCUT2D eigenvalue weighted by Gasteiger charge is -2.38. The van der Waals surface area contributed by atoms with Gasteiger partial charge in [0.1, 0.15) is 6.23 Å². The average molecular weight is 288 g/mol. The molecular weight excluding hydrogens is 270 g/mol. The second-order valence-electron chi connectivity index (χ2n) is 5.69. The second kappa shape index (κ2) is 4.80. The number of anilines is 1. The van der Waals surface area contributed by atoms with E-state index in [1.807, 2.05) is 25.1 Å². The van der Waals surface area contributed by atoms with Crippen molar-refractivity contribution in [1.82, 2.24) is 0 Å². The summed E-state index contributed by atoms with van der Waals surface area (Å²) >= 11 is 6.08. The van der Waals surface area contributed by atoms with E-state index in [1.54, 1.807) is 0 Å². The van der Waals surface area contributed by atoms with Gasteiger partial charge in [-0.3, -0.25) is 0 Å². The van der Waals surface area contributed by atoms with Crippen LogP contribution in [0.3, 0.4) is 0 Å². The number of hydrogen-bond donors (Lipinski definition) is 1. The van der Waals surface area contributed by atoms with Crippen LogP contribution in [-0.2, 0) is 10.3 Å². The van der Waals surface area contributed by atoms with Gasteiger partial charge in [0.05, 0.1) is 5.60 Å². The molecule has 3 rings (SSSR count). The SMILES string of the molecule is CC1Nc2ccc(-c3cccc(Cl)c3)cc2C(C)(C)O1. The van der Waals surface area contributed by atoms with Crippen LogP contribution in [0.4, 0.5) is 5.69 Å². The number of nitrogens with one attached hydrogen (secondary N) is 1. The molecule has 1 unspecified atom stereocenters. The molecule has 1 aliphatic rings. The first-order chi connectivity index (χ1) is 9.45. The predicted octanol–water partition coefficient (Wildman–Crippen LogP) is 5.03. The summed E-state index contributed by atoms with van der Waals surface area (Å²) in [4.78, 5) is 0. The Labute approximate surface area is 124 Å². The van der Waals surface area contributed by atoms with Gasteiger partial charge in [-0.1, -0.05) is 29.8 Å². The van der Waals surface area contributed by atoms with Gasteiger partial charge in [0.15, 0.2) is 0 Å². The normalized spacial score (nSPS) is 20.1. The Morgan fingerprint density at radius 1 is 1.10 bits per heavy atom. The fourth-order valence-corrected chi connectivity index (χ4v) is 2.96. The van der Waals surface area contributed by atoms with E-state index < -0.39 is 0 Å². The Hall–Kier alpha value is -1.51. The molecule has 0 aromatic heterocycles. The largest absolute Gasteiger partial charge is 0.360 e. The fraction of sp³-hybridized carbons (Fsp3) is 0.294. The standard InChI is InChI=1S/C17H18ClNO/c1-11-19-16-8-7-13(10-15(16)17(2,3)20-11)12-5-4-6-14(18)9-12/h4-11,19H,1-3H3. The lowest BCUT2D eigenvalue weighted by molar-refractivity contribution is -0.0632. The maximum absolute atomic E-state index is 6.08. The van der Waals surface area contributed by atoms with E-state index in [0.717, 1.165) is 21.8 Å². The van der Waals surface area contributed by atoms with Gasteiger partial charge in [0, 0.05) is 16.3 Å². The van der Waals surface area contributed by atoms with Crippen LogP contribution in [0.1, 0.15) is 26.3 Å². The van der Waals surface area contributed by atoms with Crippen LogP contribution in [0.15, 0.2) is 42.5 Å². The van der Waals surface area contributed by atoms with Crippen molar-refractivity contribution < 1.29 is 4.74 Å². The van der Waals surface area contributed by atoms with Gasteiger partial charge < -0.3 is 10.1 Å². The highest BCUT2D eigenvalue weighted by molar-refractivity contribution is 6.30. The maximum Gasteiger partial charge on any atom is 0.126 e. The third-order valence-electron chi connectivity index (χ3n) is 3.66. The zero-order valence-corrected chi connectivity index (χ0v) is 12.7. The van der Waals surface area contributed by atoms with Crippen LogP contribution >= 0.6 is 11.6 Å². The minimum atomic E-state index is -0.297. The van der Waals surface area contributed by atoms with Gasteiger partial charge in [-0.05, 0) is 56.2 Å². The predicted molar refractivity (Wildman–Crippen MR) is 84.1 cm³/mol. The van der Waals surface area contributed by atoms with E-state index in [4.69, 9.17) is 16.3 Å². The van der Waals surface area contributed by atoms with E-state index >= 15 is 0 Å². The number of hydrogen-bond acceptors (Lipinski definition) is 2. The van der Waals surface area contributed by atoms with Gasteiger partial charge in [-0.2, -0.15) is 0 Å². The van der Waals surface area contributed by atoms with E-state index in [2.05, 4.69) is 43.4 Å². The summed E-state index contributed by atoms with van der Waals surface area (Å²) in [7, 11) is 0. The number of ether oxygens (including phenoxy) is 1. The van der Waals surface area contributed by atoms with Crippen molar-refractivity contribution in [2.75, 3.05) is 5.32 Å². The van der Waals surface area contributed by atoms with Crippen LogP contribution < -0.4 is 5.32 Å². The number of halogens is 1. The zero-order chi connectivity index (χ0) is 14.3. The van der Waals surface area contributed by atoms with Crippen LogP contribution in [0.2, 0.25) is 5.02 Å². The quantitative estimate of drug-likeness (QED) is 0.794. The molecule has 0 radical (unpaired) electrons. The van der Waals surface area contributed by atoms with E-state index in [1.165, 1.54) is 5.56 Å². The Morgan fingerprint density at radius 2 is 1.85 bits per heavy atom. The van der Waals surface area contributed by atoms with Crippen molar-refractivity contribution in [2.24, 2.45) is 0 Å². The van der Waals surface area contributed by atoms with Crippen LogP contribution in [-0.4, -0.2) is 6.23 Å². The summed E-state index contributed by atoms with van der Waals surface area (Å²) in [6.45, 7) is 6.23. The number of benzene rings is 2. The summed E-state index contributed by atoms with van der Waals surface area (Å²) in [5.74, 6) is 0. The van der Waals surface area contributed by atoms with Crippen molar-refractivity contribution in [1.29, 1.82) is 0 Å². The Kier molecular flexibility index (Phi) is 3.23. The van der Waals surface area contributed by atoms with Crippen molar-refractivity contribution in [2.45, 2.75) is 32.6 Å².